The Balaban J connectivity index is 3.08. The van der Waals surface area contributed by atoms with Crippen molar-refractivity contribution >= 4 is 15.9 Å². The van der Waals surface area contributed by atoms with Gasteiger partial charge in [-0.3, -0.25) is 0 Å². The Hall–Kier alpha value is -0.540. The van der Waals surface area contributed by atoms with E-state index in [4.69, 9.17) is 4.74 Å². The van der Waals surface area contributed by atoms with Gasteiger partial charge in [0.05, 0.1) is 13.2 Å². The third-order valence-electron chi connectivity index (χ3n) is 1.65. The molecule has 0 spiro atoms. The first kappa shape index (κ1) is 9.55. The predicted molar refractivity (Wildman–Crippen MR) is 51.3 cm³/mol. The minimum atomic E-state index is -0.477. The highest BCUT2D eigenvalue weighted by molar-refractivity contribution is 9.10. The normalized spacial score (nSPS) is 12.7. The Morgan fingerprint density at radius 3 is 2.67 bits per heavy atom. The molecule has 0 radical (unpaired) electrons. The Morgan fingerprint density at radius 2 is 2.17 bits per heavy atom. The van der Waals surface area contributed by atoms with Crippen LogP contribution in [0.1, 0.15) is 18.6 Å². The van der Waals surface area contributed by atoms with E-state index in [0.29, 0.717) is 0 Å². The van der Waals surface area contributed by atoms with Gasteiger partial charge in [0.1, 0.15) is 5.75 Å². The molecule has 1 N–H and O–H groups in total. The lowest BCUT2D eigenvalue weighted by Crippen LogP contribution is -1.93. The summed E-state index contributed by atoms with van der Waals surface area (Å²) >= 11 is 3.34. The fourth-order valence-electron chi connectivity index (χ4n) is 0.969. The molecule has 1 unspecified atom stereocenters. The van der Waals surface area contributed by atoms with Gasteiger partial charge in [0.15, 0.2) is 0 Å². The van der Waals surface area contributed by atoms with Crippen molar-refractivity contribution in [2.75, 3.05) is 7.11 Å². The van der Waals surface area contributed by atoms with Crippen LogP contribution < -0.4 is 4.74 Å². The van der Waals surface area contributed by atoms with Gasteiger partial charge in [-0.2, -0.15) is 0 Å². The van der Waals surface area contributed by atoms with Crippen molar-refractivity contribution in [2.24, 2.45) is 0 Å². The zero-order valence-corrected chi connectivity index (χ0v) is 8.63. The number of ether oxygens (including phenoxy) is 1. The van der Waals surface area contributed by atoms with Gasteiger partial charge in [-0.15, -0.1) is 0 Å². The van der Waals surface area contributed by atoms with Crippen LogP contribution in [0.3, 0.4) is 0 Å². The van der Waals surface area contributed by atoms with Crippen LogP contribution in [0.4, 0.5) is 0 Å². The van der Waals surface area contributed by atoms with Crippen molar-refractivity contribution in [2.45, 2.75) is 13.0 Å². The average Bonchev–Trinajstić information content (AvgIpc) is 2.05. The maximum absolute atomic E-state index is 9.34. The van der Waals surface area contributed by atoms with Crippen molar-refractivity contribution < 1.29 is 9.84 Å². The first-order valence-corrected chi connectivity index (χ1v) is 4.46. The molecule has 0 saturated carbocycles. The molecule has 1 rings (SSSR count). The molecule has 0 heterocycles. The standard InChI is InChI=1S/C9H11BrO2/c1-6(11)8-5-7(12-2)3-4-9(8)10/h3-6,11H,1-2H3. The highest BCUT2D eigenvalue weighted by Crippen LogP contribution is 2.27. The topological polar surface area (TPSA) is 29.5 Å². The quantitative estimate of drug-likeness (QED) is 0.847. The van der Waals surface area contributed by atoms with Crippen molar-refractivity contribution in [1.82, 2.24) is 0 Å². The molecule has 12 heavy (non-hydrogen) atoms. The highest BCUT2D eigenvalue weighted by Gasteiger charge is 2.06. The molecule has 3 heteroatoms. The second-order valence-corrected chi connectivity index (χ2v) is 3.42. The van der Waals surface area contributed by atoms with Gasteiger partial charge < -0.3 is 9.84 Å². The number of aliphatic hydroxyl groups excluding tert-OH is 1. The zero-order valence-electron chi connectivity index (χ0n) is 7.04. The fraction of sp³-hybridized carbons (Fsp3) is 0.333. The van der Waals surface area contributed by atoms with E-state index in [1.165, 1.54) is 0 Å². The number of methoxy groups -OCH3 is 1. The van der Waals surface area contributed by atoms with E-state index in [2.05, 4.69) is 15.9 Å². The molecule has 0 aliphatic rings. The molecule has 0 fully saturated rings. The maximum atomic E-state index is 9.34. The van der Waals surface area contributed by atoms with Crippen LogP contribution in [0.5, 0.6) is 5.75 Å². The molecular formula is C9H11BrO2. The molecular weight excluding hydrogens is 220 g/mol. The molecule has 0 aliphatic heterocycles. The van der Waals surface area contributed by atoms with E-state index < -0.39 is 6.10 Å². The number of rotatable bonds is 2. The number of benzene rings is 1. The number of aliphatic hydroxyl groups is 1. The van der Waals surface area contributed by atoms with Crippen LogP contribution in [-0.2, 0) is 0 Å². The summed E-state index contributed by atoms with van der Waals surface area (Å²) in [7, 11) is 1.61. The predicted octanol–water partition coefficient (Wildman–Crippen LogP) is 2.51. The minimum Gasteiger partial charge on any atom is -0.497 e. The monoisotopic (exact) mass is 230 g/mol. The van der Waals surface area contributed by atoms with E-state index in [0.717, 1.165) is 15.8 Å². The number of halogens is 1. The van der Waals surface area contributed by atoms with E-state index in [9.17, 15) is 5.11 Å². The summed E-state index contributed by atoms with van der Waals surface area (Å²) < 4.78 is 5.93. The summed E-state index contributed by atoms with van der Waals surface area (Å²) in [6.07, 6.45) is -0.477. The van der Waals surface area contributed by atoms with Gasteiger partial charge >= 0.3 is 0 Å². The molecule has 1 atom stereocenters. The average molecular weight is 231 g/mol. The fourth-order valence-corrected chi connectivity index (χ4v) is 1.55. The van der Waals surface area contributed by atoms with E-state index in [-0.39, 0.29) is 0 Å². The van der Waals surface area contributed by atoms with Crippen LogP contribution in [0.25, 0.3) is 0 Å². The number of hydrogen-bond acceptors (Lipinski definition) is 2. The molecule has 1 aromatic rings. The van der Waals surface area contributed by atoms with Crippen molar-refractivity contribution in [3.8, 4) is 5.75 Å². The molecule has 1 aromatic carbocycles. The lowest BCUT2D eigenvalue weighted by molar-refractivity contribution is 0.198. The summed E-state index contributed by atoms with van der Waals surface area (Å²) in [5.74, 6) is 0.758. The summed E-state index contributed by atoms with van der Waals surface area (Å²) in [5.41, 5.74) is 0.842. The maximum Gasteiger partial charge on any atom is 0.119 e. The molecule has 2 nitrogen and oxygen atoms in total. The SMILES string of the molecule is COc1ccc(Br)c(C(C)O)c1. The summed E-state index contributed by atoms with van der Waals surface area (Å²) in [6, 6.07) is 5.52. The molecule has 0 bridgehead atoms. The summed E-state index contributed by atoms with van der Waals surface area (Å²) in [4.78, 5) is 0. The third kappa shape index (κ3) is 1.99. The van der Waals surface area contributed by atoms with Gasteiger partial charge in [-0.1, -0.05) is 15.9 Å². The van der Waals surface area contributed by atoms with Crippen LogP contribution in [0.2, 0.25) is 0 Å². The van der Waals surface area contributed by atoms with Gasteiger partial charge in [0.2, 0.25) is 0 Å². The molecule has 66 valence electrons. The Bertz CT molecular complexity index is 271. The van der Waals surface area contributed by atoms with Gasteiger partial charge in [0, 0.05) is 4.47 Å². The zero-order chi connectivity index (χ0) is 9.14. The Kier molecular flexibility index (Phi) is 3.12. The second-order valence-electron chi connectivity index (χ2n) is 2.56. The van der Waals surface area contributed by atoms with E-state index >= 15 is 0 Å². The molecule has 0 aliphatic carbocycles. The Morgan fingerprint density at radius 1 is 1.50 bits per heavy atom. The second kappa shape index (κ2) is 3.92. The van der Waals surface area contributed by atoms with E-state index in [1.807, 2.05) is 18.2 Å². The smallest absolute Gasteiger partial charge is 0.119 e. The van der Waals surface area contributed by atoms with Crippen molar-refractivity contribution in [3.05, 3.63) is 28.2 Å². The highest BCUT2D eigenvalue weighted by atomic mass is 79.9. The molecule has 0 saturated heterocycles. The van der Waals surface area contributed by atoms with Crippen LogP contribution in [0.15, 0.2) is 22.7 Å². The van der Waals surface area contributed by atoms with Crippen molar-refractivity contribution in [1.29, 1.82) is 0 Å². The Labute approximate surface area is 80.3 Å². The van der Waals surface area contributed by atoms with Crippen LogP contribution in [-0.4, -0.2) is 12.2 Å². The first-order valence-electron chi connectivity index (χ1n) is 3.66. The first-order chi connectivity index (χ1) is 5.65. The molecule has 0 amide bonds. The minimum absolute atomic E-state index is 0.477. The summed E-state index contributed by atoms with van der Waals surface area (Å²) in [5, 5.41) is 9.34. The van der Waals surface area contributed by atoms with Gasteiger partial charge in [0.25, 0.3) is 0 Å². The van der Waals surface area contributed by atoms with E-state index in [1.54, 1.807) is 14.0 Å². The largest absolute Gasteiger partial charge is 0.497 e. The third-order valence-corrected chi connectivity index (χ3v) is 2.38. The lowest BCUT2D eigenvalue weighted by Gasteiger charge is -2.08. The van der Waals surface area contributed by atoms with Gasteiger partial charge in [-0.25, -0.2) is 0 Å². The lowest BCUT2D eigenvalue weighted by atomic mass is 10.1. The number of hydrogen-bond donors (Lipinski definition) is 1. The van der Waals surface area contributed by atoms with Crippen LogP contribution >= 0.6 is 15.9 Å². The van der Waals surface area contributed by atoms with Gasteiger partial charge in [-0.05, 0) is 30.7 Å². The van der Waals surface area contributed by atoms with Crippen molar-refractivity contribution in [3.63, 3.8) is 0 Å². The molecule has 0 aromatic heterocycles. The van der Waals surface area contributed by atoms with Crippen LogP contribution in [0, 0.1) is 0 Å². The summed E-state index contributed by atoms with van der Waals surface area (Å²) in [6.45, 7) is 1.72.